The molecule has 0 aromatic rings. The van der Waals surface area contributed by atoms with Crippen LogP contribution in [-0.2, 0) is 0 Å². The van der Waals surface area contributed by atoms with Crippen molar-refractivity contribution in [3.8, 4) is 0 Å². The smallest absolute Gasteiger partial charge is 0.00386 e. The highest BCUT2D eigenvalue weighted by Crippen LogP contribution is 2.02. The van der Waals surface area contributed by atoms with Gasteiger partial charge in [0.05, 0.1) is 0 Å². The van der Waals surface area contributed by atoms with Gasteiger partial charge in [-0.15, -0.1) is 0 Å². The van der Waals surface area contributed by atoms with Gasteiger partial charge in [0.15, 0.2) is 0 Å². The second-order valence-corrected chi connectivity index (χ2v) is 4.54. The molecule has 1 nitrogen and oxygen atoms in total. The Bertz CT molecular complexity index is 96.1. The highest BCUT2D eigenvalue weighted by molar-refractivity contribution is 9.09. The third-order valence-electron chi connectivity index (χ3n) is 2.27. The molecule has 0 rings (SSSR count). The van der Waals surface area contributed by atoms with Crippen LogP contribution < -0.4 is 5.32 Å². The predicted molar refractivity (Wildman–Crippen MR) is 64.6 cm³/mol. The molecule has 0 aliphatic carbocycles. The summed E-state index contributed by atoms with van der Waals surface area (Å²) in [5.74, 6) is 0. The van der Waals surface area contributed by atoms with E-state index in [1.807, 2.05) is 0 Å². The maximum Gasteiger partial charge on any atom is 0.00386 e. The molecule has 13 heavy (non-hydrogen) atoms. The summed E-state index contributed by atoms with van der Waals surface area (Å²) in [4.78, 5) is 0. The van der Waals surface area contributed by atoms with Crippen molar-refractivity contribution in [2.45, 2.75) is 58.4 Å². The molecule has 0 fully saturated rings. The molecule has 0 aromatic heterocycles. The Morgan fingerprint density at radius 3 is 2.46 bits per heavy atom. The molecule has 80 valence electrons. The van der Waals surface area contributed by atoms with Gasteiger partial charge in [-0.3, -0.25) is 0 Å². The Balaban J connectivity index is 2.97. The number of alkyl halides is 1. The van der Waals surface area contributed by atoms with E-state index < -0.39 is 0 Å². The first-order valence-corrected chi connectivity index (χ1v) is 6.72. The van der Waals surface area contributed by atoms with E-state index in [0.29, 0.717) is 6.04 Å². The first kappa shape index (κ1) is 13.4. The quantitative estimate of drug-likeness (QED) is 0.485. The van der Waals surface area contributed by atoms with Crippen LogP contribution in [-0.4, -0.2) is 17.9 Å². The van der Waals surface area contributed by atoms with Crippen molar-refractivity contribution in [2.24, 2.45) is 0 Å². The Morgan fingerprint density at radius 1 is 1.15 bits per heavy atom. The van der Waals surface area contributed by atoms with Crippen LogP contribution in [0.2, 0.25) is 0 Å². The molecule has 0 heterocycles. The van der Waals surface area contributed by atoms with Gasteiger partial charge in [-0.25, -0.2) is 0 Å². The van der Waals surface area contributed by atoms with E-state index in [0.717, 1.165) is 5.33 Å². The maximum absolute atomic E-state index is 3.55. The lowest BCUT2D eigenvalue weighted by Crippen LogP contribution is -2.26. The van der Waals surface area contributed by atoms with E-state index in [4.69, 9.17) is 0 Å². The fourth-order valence-corrected chi connectivity index (χ4v) is 1.85. The standard InChI is InChI=1S/C11H24BrN/c1-3-8-11(2)13-10-7-5-4-6-9-12/h11,13H,3-10H2,1-2H3. The van der Waals surface area contributed by atoms with Crippen LogP contribution in [0, 0.1) is 0 Å². The molecule has 1 unspecified atom stereocenters. The summed E-state index contributed by atoms with van der Waals surface area (Å²) in [6.07, 6.45) is 8.00. The SMILES string of the molecule is CCCC(C)NCCCCCCBr. The van der Waals surface area contributed by atoms with E-state index >= 15 is 0 Å². The maximum atomic E-state index is 3.55. The Kier molecular flexibility index (Phi) is 10.9. The molecule has 0 aromatic carbocycles. The van der Waals surface area contributed by atoms with E-state index in [2.05, 4.69) is 35.1 Å². The molecule has 1 atom stereocenters. The molecular formula is C11H24BrN. The fourth-order valence-electron chi connectivity index (χ4n) is 1.46. The van der Waals surface area contributed by atoms with Gasteiger partial charge < -0.3 is 5.32 Å². The third-order valence-corrected chi connectivity index (χ3v) is 2.84. The second kappa shape index (κ2) is 10.5. The first-order chi connectivity index (χ1) is 6.31. The normalized spacial score (nSPS) is 13.2. The van der Waals surface area contributed by atoms with Crippen molar-refractivity contribution < 1.29 is 0 Å². The van der Waals surface area contributed by atoms with Gasteiger partial charge in [-0.1, -0.05) is 42.1 Å². The lowest BCUT2D eigenvalue weighted by Gasteiger charge is -2.11. The molecule has 0 radical (unpaired) electrons. The van der Waals surface area contributed by atoms with E-state index in [1.54, 1.807) is 0 Å². The number of hydrogen-bond acceptors (Lipinski definition) is 1. The zero-order chi connectivity index (χ0) is 9.94. The summed E-state index contributed by atoms with van der Waals surface area (Å²) in [5.41, 5.74) is 0. The second-order valence-electron chi connectivity index (χ2n) is 3.75. The summed E-state index contributed by atoms with van der Waals surface area (Å²) < 4.78 is 0. The summed E-state index contributed by atoms with van der Waals surface area (Å²) in [6, 6.07) is 0.709. The summed E-state index contributed by atoms with van der Waals surface area (Å²) >= 11 is 3.45. The molecule has 2 heteroatoms. The highest BCUT2D eigenvalue weighted by Gasteiger charge is 1.97. The minimum atomic E-state index is 0.709. The van der Waals surface area contributed by atoms with Gasteiger partial charge in [0, 0.05) is 11.4 Å². The van der Waals surface area contributed by atoms with Crippen LogP contribution in [0.15, 0.2) is 0 Å². The van der Waals surface area contributed by atoms with Crippen LogP contribution in [0.4, 0.5) is 0 Å². The number of hydrogen-bond donors (Lipinski definition) is 1. The molecule has 0 aliphatic heterocycles. The van der Waals surface area contributed by atoms with Gasteiger partial charge in [-0.2, -0.15) is 0 Å². The van der Waals surface area contributed by atoms with Gasteiger partial charge in [0.1, 0.15) is 0 Å². The Hall–Kier alpha value is 0.440. The topological polar surface area (TPSA) is 12.0 Å². The average Bonchev–Trinajstić information content (AvgIpc) is 2.11. The van der Waals surface area contributed by atoms with Gasteiger partial charge in [0.25, 0.3) is 0 Å². The average molecular weight is 250 g/mol. The van der Waals surface area contributed by atoms with Crippen LogP contribution >= 0.6 is 15.9 Å². The minimum Gasteiger partial charge on any atom is -0.314 e. The molecule has 0 saturated carbocycles. The monoisotopic (exact) mass is 249 g/mol. The highest BCUT2D eigenvalue weighted by atomic mass is 79.9. The summed E-state index contributed by atoms with van der Waals surface area (Å²) in [7, 11) is 0. The lowest BCUT2D eigenvalue weighted by atomic mass is 10.1. The molecule has 0 amide bonds. The number of nitrogens with one attached hydrogen (secondary N) is 1. The molecular weight excluding hydrogens is 226 g/mol. The number of unbranched alkanes of at least 4 members (excludes halogenated alkanes) is 3. The molecule has 0 spiro atoms. The Labute approximate surface area is 91.8 Å². The van der Waals surface area contributed by atoms with E-state index in [-0.39, 0.29) is 0 Å². The number of rotatable bonds is 9. The van der Waals surface area contributed by atoms with Crippen LogP contribution in [0.5, 0.6) is 0 Å². The summed E-state index contributed by atoms with van der Waals surface area (Å²) in [6.45, 7) is 5.72. The van der Waals surface area contributed by atoms with Crippen molar-refractivity contribution >= 4 is 15.9 Å². The first-order valence-electron chi connectivity index (χ1n) is 5.60. The van der Waals surface area contributed by atoms with Crippen molar-refractivity contribution in [3.63, 3.8) is 0 Å². The zero-order valence-corrected chi connectivity index (χ0v) is 10.7. The van der Waals surface area contributed by atoms with Crippen LogP contribution in [0.25, 0.3) is 0 Å². The third kappa shape index (κ3) is 10.4. The van der Waals surface area contributed by atoms with E-state index in [9.17, 15) is 0 Å². The minimum absolute atomic E-state index is 0.709. The van der Waals surface area contributed by atoms with Crippen molar-refractivity contribution in [3.05, 3.63) is 0 Å². The molecule has 1 N–H and O–H groups in total. The van der Waals surface area contributed by atoms with Gasteiger partial charge >= 0.3 is 0 Å². The predicted octanol–water partition coefficient (Wildman–Crippen LogP) is 3.72. The summed E-state index contributed by atoms with van der Waals surface area (Å²) in [5, 5.41) is 4.71. The fraction of sp³-hybridized carbons (Fsp3) is 1.00. The molecule has 0 bridgehead atoms. The van der Waals surface area contributed by atoms with Crippen molar-refractivity contribution in [1.29, 1.82) is 0 Å². The molecule has 0 saturated heterocycles. The zero-order valence-electron chi connectivity index (χ0n) is 9.11. The van der Waals surface area contributed by atoms with Crippen LogP contribution in [0.3, 0.4) is 0 Å². The van der Waals surface area contributed by atoms with Gasteiger partial charge in [0.2, 0.25) is 0 Å². The lowest BCUT2D eigenvalue weighted by molar-refractivity contribution is 0.491. The van der Waals surface area contributed by atoms with E-state index in [1.165, 1.54) is 45.1 Å². The largest absolute Gasteiger partial charge is 0.314 e. The van der Waals surface area contributed by atoms with Crippen molar-refractivity contribution in [2.75, 3.05) is 11.9 Å². The Morgan fingerprint density at radius 2 is 1.85 bits per heavy atom. The molecule has 0 aliphatic rings. The van der Waals surface area contributed by atoms with Gasteiger partial charge in [-0.05, 0) is 32.7 Å². The van der Waals surface area contributed by atoms with Crippen LogP contribution in [0.1, 0.15) is 52.4 Å². The number of halogens is 1. The van der Waals surface area contributed by atoms with Crippen molar-refractivity contribution in [1.82, 2.24) is 5.32 Å².